The highest BCUT2D eigenvalue weighted by Gasteiger charge is 2.27. The van der Waals surface area contributed by atoms with Gasteiger partial charge >= 0.3 is 0 Å². The van der Waals surface area contributed by atoms with Crippen molar-refractivity contribution in [3.05, 3.63) is 35.9 Å². The zero-order valence-corrected chi connectivity index (χ0v) is 10.2. The molecule has 18 heavy (non-hydrogen) atoms. The molecular weight excluding hydrogens is 232 g/mol. The van der Waals surface area contributed by atoms with E-state index in [0.717, 1.165) is 5.56 Å². The second-order valence-electron chi connectivity index (χ2n) is 4.51. The van der Waals surface area contributed by atoms with Gasteiger partial charge in [-0.05, 0) is 5.56 Å². The van der Waals surface area contributed by atoms with Crippen LogP contribution in [-0.4, -0.2) is 36.3 Å². The molecule has 0 saturated carbocycles. The molecule has 98 valence electrons. The summed E-state index contributed by atoms with van der Waals surface area (Å²) < 4.78 is 11.1. The lowest BCUT2D eigenvalue weighted by atomic mass is 10.0. The zero-order chi connectivity index (χ0) is 12.8. The van der Waals surface area contributed by atoms with Crippen molar-refractivity contribution >= 4 is 5.78 Å². The molecule has 2 atom stereocenters. The Bertz CT molecular complexity index is 377. The average Bonchev–Trinajstić information content (AvgIpc) is 2.39. The molecule has 0 aromatic heterocycles. The first kappa shape index (κ1) is 13.2. The molecule has 0 aliphatic carbocycles. The van der Waals surface area contributed by atoms with Crippen molar-refractivity contribution in [1.82, 2.24) is 0 Å². The number of hydrogen-bond donors (Lipinski definition) is 1. The predicted octanol–water partition coefficient (Wildman–Crippen LogP) is 1.31. The monoisotopic (exact) mass is 250 g/mol. The minimum atomic E-state index is -0.364. The van der Waals surface area contributed by atoms with E-state index in [1.807, 2.05) is 30.3 Å². The fourth-order valence-corrected chi connectivity index (χ4v) is 2.05. The smallest absolute Gasteiger partial charge is 0.138 e. The van der Waals surface area contributed by atoms with Gasteiger partial charge in [0.2, 0.25) is 0 Å². The maximum atomic E-state index is 11.4. The standard InChI is InChI=1S/C14H18O4/c15-8-13-6-12(16)7-14(18-13)10-17-9-11-4-2-1-3-5-11/h1-5,13-15H,6-10H2/t13-,14-/m1/s1. The summed E-state index contributed by atoms with van der Waals surface area (Å²) in [5, 5.41) is 9.01. The molecule has 4 heteroatoms. The molecule has 4 nitrogen and oxygen atoms in total. The van der Waals surface area contributed by atoms with Crippen LogP contribution in [0, 0.1) is 0 Å². The van der Waals surface area contributed by atoms with Crippen LogP contribution in [0.3, 0.4) is 0 Å². The van der Waals surface area contributed by atoms with E-state index in [2.05, 4.69) is 0 Å². The maximum Gasteiger partial charge on any atom is 0.138 e. The Morgan fingerprint density at radius 2 is 1.94 bits per heavy atom. The molecule has 1 saturated heterocycles. The van der Waals surface area contributed by atoms with E-state index in [4.69, 9.17) is 14.6 Å². The molecule has 1 aromatic rings. The number of carbonyl (C=O) groups excluding carboxylic acids is 1. The molecule has 1 heterocycles. The van der Waals surface area contributed by atoms with Gasteiger partial charge < -0.3 is 14.6 Å². The van der Waals surface area contributed by atoms with Crippen LogP contribution in [0.25, 0.3) is 0 Å². The quantitative estimate of drug-likeness (QED) is 0.856. The third-order valence-corrected chi connectivity index (χ3v) is 2.91. The molecule has 0 bridgehead atoms. The van der Waals surface area contributed by atoms with Gasteiger partial charge in [0.05, 0.1) is 32.0 Å². The van der Waals surface area contributed by atoms with Gasteiger partial charge in [-0.1, -0.05) is 30.3 Å². The first-order valence-electron chi connectivity index (χ1n) is 6.17. The van der Waals surface area contributed by atoms with Gasteiger partial charge in [-0.15, -0.1) is 0 Å². The normalized spacial score (nSPS) is 24.2. The number of ketones is 1. The summed E-state index contributed by atoms with van der Waals surface area (Å²) in [5.41, 5.74) is 1.10. The highest BCUT2D eigenvalue weighted by atomic mass is 16.5. The van der Waals surface area contributed by atoms with Gasteiger partial charge in [-0.3, -0.25) is 4.79 Å². The lowest BCUT2D eigenvalue weighted by molar-refractivity contribution is -0.144. The summed E-state index contributed by atoms with van der Waals surface area (Å²) in [6, 6.07) is 9.85. The lowest BCUT2D eigenvalue weighted by Gasteiger charge is -2.27. The molecule has 2 rings (SSSR count). The van der Waals surface area contributed by atoms with Gasteiger partial charge in [0, 0.05) is 12.8 Å². The van der Waals surface area contributed by atoms with E-state index in [-0.39, 0.29) is 24.6 Å². The molecule has 0 unspecified atom stereocenters. The van der Waals surface area contributed by atoms with Crippen LogP contribution in [0.4, 0.5) is 0 Å². The summed E-state index contributed by atoms with van der Waals surface area (Å²) >= 11 is 0. The van der Waals surface area contributed by atoms with Crippen molar-refractivity contribution in [2.24, 2.45) is 0 Å². The summed E-state index contributed by atoms with van der Waals surface area (Å²) in [6.45, 7) is 0.788. The SMILES string of the molecule is O=C1C[C@H](CO)O[C@@H](COCc2ccccc2)C1. The maximum absolute atomic E-state index is 11.4. The third-order valence-electron chi connectivity index (χ3n) is 2.91. The van der Waals surface area contributed by atoms with Crippen LogP contribution in [-0.2, 0) is 20.9 Å². The van der Waals surface area contributed by atoms with Gasteiger partial charge in [0.1, 0.15) is 5.78 Å². The van der Waals surface area contributed by atoms with Gasteiger partial charge in [0.15, 0.2) is 0 Å². The predicted molar refractivity (Wildman–Crippen MR) is 66.1 cm³/mol. The van der Waals surface area contributed by atoms with Crippen LogP contribution >= 0.6 is 0 Å². The van der Waals surface area contributed by atoms with E-state index in [1.165, 1.54) is 0 Å². The van der Waals surface area contributed by atoms with Gasteiger partial charge in [-0.25, -0.2) is 0 Å². The zero-order valence-electron chi connectivity index (χ0n) is 10.2. The number of hydrogen-bond acceptors (Lipinski definition) is 4. The summed E-state index contributed by atoms with van der Waals surface area (Å²) in [4.78, 5) is 11.4. The Kier molecular flexibility index (Phi) is 4.87. The van der Waals surface area contributed by atoms with Gasteiger partial charge in [0.25, 0.3) is 0 Å². The van der Waals surface area contributed by atoms with Crippen molar-refractivity contribution in [1.29, 1.82) is 0 Å². The van der Waals surface area contributed by atoms with Crippen molar-refractivity contribution < 1.29 is 19.4 Å². The Hall–Kier alpha value is -1.23. The van der Waals surface area contributed by atoms with Crippen molar-refractivity contribution in [2.75, 3.05) is 13.2 Å². The Balaban J connectivity index is 1.74. The van der Waals surface area contributed by atoms with Crippen LogP contribution in [0.1, 0.15) is 18.4 Å². The van der Waals surface area contributed by atoms with Crippen LogP contribution in [0.5, 0.6) is 0 Å². The van der Waals surface area contributed by atoms with E-state index in [0.29, 0.717) is 26.1 Å². The van der Waals surface area contributed by atoms with Crippen LogP contribution < -0.4 is 0 Å². The van der Waals surface area contributed by atoms with Crippen molar-refractivity contribution in [3.63, 3.8) is 0 Å². The minimum Gasteiger partial charge on any atom is -0.394 e. The average molecular weight is 250 g/mol. The first-order valence-corrected chi connectivity index (χ1v) is 6.17. The molecular formula is C14H18O4. The number of carbonyl (C=O) groups is 1. The Morgan fingerprint density at radius 3 is 2.67 bits per heavy atom. The lowest BCUT2D eigenvalue weighted by Crippen LogP contribution is -2.37. The summed E-state index contributed by atoms with van der Waals surface area (Å²) in [6.07, 6.45) is 0.0976. The fraction of sp³-hybridized carbons (Fsp3) is 0.500. The minimum absolute atomic E-state index is 0.110. The Labute approximate surface area is 107 Å². The number of aliphatic hydroxyl groups is 1. The molecule has 0 radical (unpaired) electrons. The second kappa shape index (κ2) is 6.64. The molecule has 1 aliphatic rings. The molecule has 1 aromatic carbocycles. The van der Waals surface area contributed by atoms with Gasteiger partial charge in [-0.2, -0.15) is 0 Å². The number of aliphatic hydroxyl groups excluding tert-OH is 1. The summed E-state index contributed by atoms with van der Waals surface area (Å²) in [5.74, 6) is 0.133. The van der Waals surface area contributed by atoms with Crippen molar-refractivity contribution in [2.45, 2.75) is 31.7 Å². The van der Waals surface area contributed by atoms with E-state index in [1.54, 1.807) is 0 Å². The second-order valence-corrected chi connectivity index (χ2v) is 4.51. The largest absolute Gasteiger partial charge is 0.394 e. The fourth-order valence-electron chi connectivity index (χ4n) is 2.05. The van der Waals surface area contributed by atoms with E-state index >= 15 is 0 Å². The first-order chi connectivity index (χ1) is 8.78. The third kappa shape index (κ3) is 3.91. The number of benzene rings is 1. The number of ether oxygens (including phenoxy) is 2. The van der Waals surface area contributed by atoms with E-state index in [9.17, 15) is 4.79 Å². The molecule has 1 N–H and O–H groups in total. The molecule has 0 amide bonds. The van der Waals surface area contributed by atoms with Crippen molar-refractivity contribution in [3.8, 4) is 0 Å². The highest BCUT2D eigenvalue weighted by molar-refractivity contribution is 5.80. The number of rotatable bonds is 5. The molecule has 1 aliphatic heterocycles. The summed E-state index contributed by atoms with van der Waals surface area (Å²) in [7, 11) is 0. The topological polar surface area (TPSA) is 55.8 Å². The van der Waals surface area contributed by atoms with E-state index < -0.39 is 0 Å². The van der Waals surface area contributed by atoms with Crippen LogP contribution in [0.15, 0.2) is 30.3 Å². The molecule has 0 spiro atoms. The van der Waals surface area contributed by atoms with Crippen LogP contribution in [0.2, 0.25) is 0 Å². The molecule has 1 fully saturated rings. The highest BCUT2D eigenvalue weighted by Crippen LogP contribution is 2.16. The Morgan fingerprint density at radius 1 is 1.22 bits per heavy atom. The number of Topliss-reactive ketones (excluding diaryl/α,β-unsaturated/α-hetero) is 1.